The second-order valence-corrected chi connectivity index (χ2v) is 7.25. The molecule has 0 aliphatic rings. The van der Waals surface area contributed by atoms with Crippen LogP contribution in [0.1, 0.15) is 74.1 Å². The summed E-state index contributed by atoms with van der Waals surface area (Å²) >= 11 is 0. The summed E-state index contributed by atoms with van der Waals surface area (Å²) in [6.07, 6.45) is 0.464. The Morgan fingerprint density at radius 3 is 1.08 bits per heavy atom. The first kappa shape index (κ1) is 22.4. The zero-order valence-electron chi connectivity index (χ0n) is 16.0. The van der Waals surface area contributed by atoms with Gasteiger partial charge in [-0.15, -0.1) is 0 Å². The molecule has 0 aliphatic carbocycles. The molecule has 0 spiro atoms. The Morgan fingerprint density at radius 2 is 0.917 bits per heavy atom. The Kier molecular flexibility index (Phi) is 9.63. The molecule has 0 rings (SSSR count). The lowest BCUT2D eigenvalue weighted by atomic mass is 10.1. The van der Waals surface area contributed by atoms with E-state index >= 15 is 0 Å². The molecule has 0 aliphatic heterocycles. The minimum atomic E-state index is -1.98. The second-order valence-electron chi connectivity index (χ2n) is 7.25. The van der Waals surface area contributed by atoms with E-state index in [9.17, 15) is 14.4 Å². The SMILES string of the molecule is CCC(OC(=O)CC(C)C)(OC(=O)CC(C)C)OC(=O)CC(C)C. The van der Waals surface area contributed by atoms with Crippen LogP contribution in [0.5, 0.6) is 0 Å². The molecule has 0 radical (unpaired) electrons. The minimum Gasteiger partial charge on any atom is -0.388 e. The van der Waals surface area contributed by atoms with Gasteiger partial charge < -0.3 is 14.2 Å². The van der Waals surface area contributed by atoms with E-state index in [1.54, 1.807) is 6.92 Å². The predicted molar refractivity (Wildman–Crippen MR) is 89.7 cm³/mol. The lowest BCUT2D eigenvalue weighted by Crippen LogP contribution is -2.44. The molecule has 140 valence electrons. The van der Waals surface area contributed by atoms with E-state index in [1.807, 2.05) is 41.5 Å². The maximum absolute atomic E-state index is 12.0. The number of rotatable bonds is 10. The third-order valence-corrected chi connectivity index (χ3v) is 2.97. The summed E-state index contributed by atoms with van der Waals surface area (Å²) in [5, 5.41) is 0. The molecule has 0 atom stereocenters. The summed E-state index contributed by atoms with van der Waals surface area (Å²) in [6, 6.07) is 0. The highest BCUT2D eigenvalue weighted by molar-refractivity contribution is 5.74. The highest BCUT2D eigenvalue weighted by Crippen LogP contribution is 2.25. The summed E-state index contributed by atoms with van der Waals surface area (Å²) in [5.41, 5.74) is 0. The van der Waals surface area contributed by atoms with Crippen molar-refractivity contribution in [2.45, 2.75) is 80.1 Å². The molecule has 0 amide bonds. The number of esters is 3. The number of hydrogen-bond acceptors (Lipinski definition) is 6. The quantitative estimate of drug-likeness (QED) is 0.443. The summed E-state index contributed by atoms with van der Waals surface area (Å²) in [5.74, 6) is -3.46. The molecule has 0 saturated heterocycles. The first-order chi connectivity index (χ1) is 11.0. The molecule has 0 aromatic heterocycles. The van der Waals surface area contributed by atoms with E-state index in [0.717, 1.165) is 0 Å². The second kappa shape index (κ2) is 10.3. The van der Waals surface area contributed by atoms with Crippen LogP contribution in [0.15, 0.2) is 0 Å². The van der Waals surface area contributed by atoms with Crippen molar-refractivity contribution < 1.29 is 28.6 Å². The molecule has 0 bridgehead atoms. The maximum atomic E-state index is 12.0. The van der Waals surface area contributed by atoms with Gasteiger partial charge in [-0.05, 0) is 17.8 Å². The Labute approximate surface area is 145 Å². The van der Waals surface area contributed by atoms with Crippen molar-refractivity contribution in [1.29, 1.82) is 0 Å². The summed E-state index contributed by atoms with van der Waals surface area (Å²) in [7, 11) is 0. The fourth-order valence-corrected chi connectivity index (χ4v) is 1.92. The molecule has 0 heterocycles. The van der Waals surface area contributed by atoms with Crippen LogP contribution in [0, 0.1) is 17.8 Å². The number of carbonyl (C=O) groups is 3. The average Bonchev–Trinajstić information content (AvgIpc) is 2.34. The monoisotopic (exact) mass is 344 g/mol. The largest absolute Gasteiger partial charge is 0.423 e. The van der Waals surface area contributed by atoms with Gasteiger partial charge >= 0.3 is 23.9 Å². The zero-order valence-corrected chi connectivity index (χ0v) is 16.0. The number of ether oxygens (including phenoxy) is 3. The highest BCUT2D eigenvalue weighted by atomic mass is 16.9. The van der Waals surface area contributed by atoms with Gasteiger partial charge in [0.2, 0.25) is 0 Å². The van der Waals surface area contributed by atoms with Gasteiger partial charge in [0.25, 0.3) is 0 Å². The molecule has 6 nitrogen and oxygen atoms in total. The molecule has 0 unspecified atom stereocenters. The predicted octanol–water partition coefficient (Wildman–Crippen LogP) is 3.82. The maximum Gasteiger partial charge on any atom is 0.423 e. The Morgan fingerprint density at radius 1 is 0.667 bits per heavy atom. The van der Waals surface area contributed by atoms with Crippen LogP contribution < -0.4 is 0 Å². The van der Waals surface area contributed by atoms with Gasteiger partial charge in [0.05, 0.1) is 6.42 Å². The number of hydrogen-bond donors (Lipinski definition) is 0. The van der Waals surface area contributed by atoms with Crippen molar-refractivity contribution >= 4 is 17.9 Å². The van der Waals surface area contributed by atoms with Crippen molar-refractivity contribution in [2.75, 3.05) is 0 Å². The fraction of sp³-hybridized carbons (Fsp3) is 0.833. The fourth-order valence-electron chi connectivity index (χ4n) is 1.92. The third kappa shape index (κ3) is 9.53. The van der Waals surface area contributed by atoms with Crippen LogP contribution >= 0.6 is 0 Å². The lowest BCUT2D eigenvalue weighted by Gasteiger charge is -2.31. The summed E-state index contributed by atoms with van der Waals surface area (Å²) in [6.45, 7) is 12.8. The van der Waals surface area contributed by atoms with Gasteiger partial charge in [-0.1, -0.05) is 48.5 Å². The third-order valence-electron chi connectivity index (χ3n) is 2.97. The van der Waals surface area contributed by atoms with Gasteiger partial charge in [-0.2, -0.15) is 0 Å². The Hall–Kier alpha value is -1.59. The van der Waals surface area contributed by atoms with Gasteiger partial charge in [0, 0.05) is 19.3 Å². The Balaban J connectivity index is 5.22. The van der Waals surface area contributed by atoms with Gasteiger partial charge in [-0.25, -0.2) is 0 Å². The van der Waals surface area contributed by atoms with Crippen molar-refractivity contribution in [2.24, 2.45) is 17.8 Å². The summed E-state index contributed by atoms with van der Waals surface area (Å²) in [4.78, 5) is 36.1. The van der Waals surface area contributed by atoms with E-state index < -0.39 is 23.9 Å². The van der Waals surface area contributed by atoms with Crippen LogP contribution in [0.25, 0.3) is 0 Å². The molecule has 0 fully saturated rings. The van der Waals surface area contributed by atoms with Crippen molar-refractivity contribution in [1.82, 2.24) is 0 Å². The van der Waals surface area contributed by atoms with Crippen LogP contribution in [-0.4, -0.2) is 23.9 Å². The van der Waals surface area contributed by atoms with E-state index in [-0.39, 0.29) is 43.4 Å². The smallest absolute Gasteiger partial charge is 0.388 e. The minimum absolute atomic E-state index is 0.0322. The first-order valence-corrected chi connectivity index (χ1v) is 8.65. The van der Waals surface area contributed by atoms with E-state index in [1.165, 1.54) is 0 Å². The molecular formula is C18H32O6. The summed E-state index contributed by atoms with van der Waals surface area (Å²) < 4.78 is 15.8. The number of carbonyl (C=O) groups excluding carboxylic acids is 3. The molecule has 0 aromatic carbocycles. The van der Waals surface area contributed by atoms with E-state index in [0.29, 0.717) is 0 Å². The van der Waals surface area contributed by atoms with Crippen LogP contribution in [0.2, 0.25) is 0 Å². The molecule has 0 N–H and O–H groups in total. The molecule has 0 aromatic rings. The van der Waals surface area contributed by atoms with E-state index in [2.05, 4.69) is 0 Å². The average molecular weight is 344 g/mol. The Bertz CT molecular complexity index is 365. The molecule has 0 saturated carbocycles. The van der Waals surface area contributed by atoms with Crippen molar-refractivity contribution in [3.05, 3.63) is 0 Å². The van der Waals surface area contributed by atoms with Crippen LogP contribution in [0.3, 0.4) is 0 Å². The standard InChI is InChI=1S/C18H32O6/c1-8-18(22-15(19)9-12(2)3,23-16(20)10-13(4)5)24-17(21)11-14(6)7/h12-14H,8-11H2,1-7H3. The lowest BCUT2D eigenvalue weighted by molar-refractivity contribution is -0.331. The van der Waals surface area contributed by atoms with Gasteiger partial charge in [0.1, 0.15) is 0 Å². The topological polar surface area (TPSA) is 78.9 Å². The van der Waals surface area contributed by atoms with Crippen molar-refractivity contribution in [3.63, 3.8) is 0 Å². The molecule has 24 heavy (non-hydrogen) atoms. The van der Waals surface area contributed by atoms with E-state index in [4.69, 9.17) is 14.2 Å². The molecular weight excluding hydrogens is 312 g/mol. The zero-order chi connectivity index (χ0) is 18.9. The van der Waals surface area contributed by atoms with Gasteiger partial charge in [0.15, 0.2) is 0 Å². The van der Waals surface area contributed by atoms with Crippen LogP contribution in [-0.2, 0) is 28.6 Å². The van der Waals surface area contributed by atoms with Gasteiger partial charge in [-0.3, -0.25) is 14.4 Å². The molecule has 6 heteroatoms. The first-order valence-electron chi connectivity index (χ1n) is 8.65. The highest BCUT2D eigenvalue weighted by Gasteiger charge is 2.42. The van der Waals surface area contributed by atoms with Crippen molar-refractivity contribution in [3.8, 4) is 0 Å². The normalized spacial score (nSPS) is 11.8. The van der Waals surface area contributed by atoms with Crippen LogP contribution in [0.4, 0.5) is 0 Å².